The van der Waals surface area contributed by atoms with Crippen LogP contribution in [0.3, 0.4) is 0 Å². The molecule has 2 aromatic rings. The van der Waals surface area contributed by atoms with Crippen molar-refractivity contribution in [1.29, 1.82) is 0 Å². The third kappa shape index (κ3) is 4.04. The zero-order valence-electron chi connectivity index (χ0n) is 16.1. The molecule has 0 bridgehead atoms. The first-order valence-electron chi connectivity index (χ1n) is 9.83. The molecule has 1 aromatic heterocycles. The summed E-state index contributed by atoms with van der Waals surface area (Å²) >= 11 is 0. The lowest BCUT2D eigenvalue weighted by molar-refractivity contribution is -0.128. The van der Waals surface area contributed by atoms with Gasteiger partial charge in [-0.2, -0.15) is 0 Å². The van der Waals surface area contributed by atoms with Crippen molar-refractivity contribution >= 4 is 16.9 Å². The van der Waals surface area contributed by atoms with Crippen molar-refractivity contribution in [2.75, 3.05) is 19.7 Å². The molecule has 3 rings (SSSR count). The van der Waals surface area contributed by atoms with E-state index in [0.29, 0.717) is 6.61 Å². The Bertz CT molecular complexity index is 738. The van der Waals surface area contributed by atoms with E-state index in [1.807, 2.05) is 38.1 Å². The van der Waals surface area contributed by atoms with Crippen LogP contribution in [0.1, 0.15) is 58.3 Å². The highest BCUT2D eigenvalue weighted by Gasteiger charge is 2.29. The lowest BCUT2D eigenvalue weighted by Crippen LogP contribution is -2.50. The Morgan fingerprint density at radius 3 is 3.00 bits per heavy atom. The van der Waals surface area contributed by atoms with Crippen LogP contribution in [-0.4, -0.2) is 36.5 Å². The number of carbonyl (C=O) groups is 1. The third-order valence-electron chi connectivity index (χ3n) is 5.04. The first-order valence-corrected chi connectivity index (χ1v) is 9.83. The van der Waals surface area contributed by atoms with Gasteiger partial charge in [-0.05, 0) is 58.3 Å². The molecule has 5 heteroatoms. The van der Waals surface area contributed by atoms with Crippen LogP contribution in [0.4, 0.5) is 0 Å². The van der Waals surface area contributed by atoms with E-state index < -0.39 is 0 Å². The summed E-state index contributed by atoms with van der Waals surface area (Å²) in [4.78, 5) is 15.1. The lowest BCUT2D eigenvalue weighted by Gasteiger charge is -2.34. The second-order valence-electron chi connectivity index (χ2n) is 7.03. The molecule has 1 saturated heterocycles. The number of ether oxygens (including phenoxy) is 1. The highest BCUT2D eigenvalue weighted by atomic mass is 16.5. The Labute approximate surface area is 155 Å². The third-order valence-corrected chi connectivity index (χ3v) is 5.04. The largest absolute Gasteiger partial charge is 0.490 e. The molecule has 1 fully saturated rings. The summed E-state index contributed by atoms with van der Waals surface area (Å²) in [5.74, 6) is 1.62. The number of nitrogens with zero attached hydrogens (tertiary/aromatic N) is 1. The van der Waals surface area contributed by atoms with Crippen LogP contribution >= 0.6 is 0 Å². The molecule has 0 saturated carbocycles. The Kier molecular flexibility index (Phi) is 6.20. The zero-order valence-corrected chi connectivity index (χ0v) is 16.1. The summed E-state index contributed by atoms with van der Waals surface area (Å²) in [5.41, 5.74) is 0.746. The van der Waals surface area contributed by atoms with Gasteiger partial charge in [0.05, 0.1) is 18.7 Å². The lowest BCUT2D eigenvalue weighted by atomic mass is 10.0. The van der Waals surface area contributed by atoms with Crippen molar-refractivity contribution in [3.8, 4) is 5.75 Å². The molecule has 26 heavy (non-hydrogen) atoms. The van der Waals surface area contributed by atoms with E-state index in [4.69, 9.17) is 9.15 Å². The maximum Gasteiger partial charge on any atom is 0.237 e. The van der Waals surface area contributed by atoms with Crippen molar-refractivity contribution in [1.82, 2.24) is 10.2 Å². The van der Waals surface area contributed by atoms with Gasteiger partial charge < -0.3 is 14.5 Å². The van der Waals surface area contributed by atoms with Gasteiger partial charge in [0.2, 0.25) is 5.91 Å². The van der Waals surface area contributed by atoms with Gasteiger partial charge in [0, 0.05) is 5.39 Å². The average molecular weight is 358 g/mol. The van der Waals surface area contributed by atoms with Gasteiger partial charge in [0.15, 0.2) is 11.3 Å². The van der Waals surface area contributed by atoms with Crippen molar-refractivity contribution in [2.45, 2.75) is 58.5 Å². The molecular formula is C21H30N2O3. The molecule has 1 N–H and O–H groups in total. The average Bonchev–Trinajstić information content (AvgIpc) is 3.08. The normalized spacial score (nSPS) is 19.4. The van der Waals surface area contributed by atoms with E-state index in [-0.39, 0.29) is 18.0 Å². The number of hydrogen-bond acceptors (Lipinski definition) is 4. The number of benzene rings is 1. The van der Waals surface area contributed by atoms with Gasteiger partial charge >= 0.3 is 0 Å². The maximum atomic E-state index is 12.8. The van der Waals surface area contributed by atoms with Gasteiger partial charge in [0.1, 0.15) is 5.76 Å². The van der Waals surface area contributed by atoms with Crippen LogP contribution in [0.25, 0.3) is 11.0 Å². The Balaban J connectivity index is 1.72. The molecule has 0 aliphatic carbocycles. The predicted molar refractivity (Wildman–Crippen MR) is 103 cm³/mol. The van der Waals surface area contributed by atoms with E-state index >= 15 is 0 Å². The first-order chi connectivity index (χ1) is 12.6. The molecule has 0 spiro atoms. The fraction of sp³-hybridized carbons (Fsp3) is 0.571. The molecule has 1 amide bonds. The highest BCUT2D eigenvalue weighted by Crippen LogP contribution is 2.31. The topological polar surface area (TPSA) is 54.7 Å². The number of piperidine rings is 1. The molecule has 1 aromatic carbocycles. The molecular weight excluding hydrogens is 328 g/mol. The molecule has 2 unspecified atom stereocenters. The van der Waals surface area contributed by atoms with Crippen LogP contribution in [0, 0.1) is 0 Å². The van der Waals surface area contributed by atoms with Crippen LogP contribution in [0.5, 0.6) is 5.75 Å². The summed E-state index contributed by atoms with van der Waals surface area (Å²) in [6.45, 7) is 8.69. The number of hydrogen-bond donors (Lipinski definition) is 1. The highest BCUT2D eigenvalue weighted by molar-refractivity contribution is 5.85. The molecule has 2 heterocycles. The first kappa shape index (κ1) is 18.8. The number of fused-ring (bicyclic) bond motifs is 1. The summed E-state index contributed by atoms with van der Waals surface area (Å²) in [5, 5.41) is 4.15. The van der Waals surface area contributed by atoms with Crippen molar-refractivity contribution in [2.24, 2.45) is 0 Å². The molecule has 142 valence electrons. The Morgan fingerprint density at radius 2 is 2.23 bits per heavy atom. The number of rotatable bonds is 7. The minimum atomic E-state index is -0.172. The zero-order chi connectivity index (χ0) is 18.5. The SMILES string of the molecule is CCCN1CCCCC1C(=O)NC(C)c1cc2cccc(OCC)c2o1. The number of para-hydroxylation sites is 1. The minimum absolute atomic E-state index is 0.0190. The summed E-state index contributed by atoms with van der Waals surface area (Å²) in [6, 6.07) is 7.68. The number of carbonyl (C=O) groups excluding carboxylic acids is 1. The number of amides is 1. The van der Waals surface area contributed by atoms with Crippen LogP contribution < -0.4 is 10.1 Å². The number of likely N-dealkylation sites (tertiary alicyclic amines) is 1. The van der Waals surface area contributed by atoms with Crippen molar-refractivity contribution < 1.29 is 13.9 Å². The second-order valence-corrected chi connectivity index (χ2v) is 7.03. The summed E-state index contributed by atoms with van der Waals surface area (Å²) < 4.78 is 11.7. The van der Waals surface area contributed by atoms with Gasteiger partial charge in [-0.15, -0.1) is 0 Å². The summed E-state index contributed by atoms with van der Waals surface area (Å²) in [6.07, 6.45) is 4.31. The maximum absolute atomic E-state index is 12.8. The van der Waals surface area contributed by atoms with Crippen molar-refractivity contribution in [3.05, 3.63) is 30.0 Å². The van der Waals surface area contributed by atoms with E-state index in [0.717, 1.165) is 54.8 Å². The Morgan fingerprint density at radius 1 is 1.38 bits per heavy atom. The molecule has 1 aliphatic rings. The molecule has 0 radical (unpaired) electrons. The Hall–Kier alpha value is -2.01. The molecule has 2 atom stereocenters. The van der Waals surface area contributed by atoms with E-state index in [1.165, 1.54) is 6.42 Å². The van der Waals surface area contributed by atoms with Gasteiger partial charge in [-0.25, -0.2) is 0 Å². The van der Waals surface area contributed by atoms with Gasteiger partial charge in [-0.3, -0.25) is 9.69 Å². The van der Waals surface area contributed by atoms with Gasteiger partial charge in [0.25, 0.3) is 0 Å². The monoisotopic (exact) mass is 358 g/mol. The second kappa shape index (κ2) is 8.58. The smallest absolute Gasteiger partial charge is 0.237 e. The predicted octanol–water partition coefficient (Wildman–Crippen LogP) is 4.27. The molecule has 5 nitrogen and oxygen atoms in total. The van der Waals surface area contributed by atoms with Crippen LogP contribution in [0.15, 0.2) is 28.7 Å². The van der Waals surface area contributed by atoms with Crippen LogP contribution in [0.2, 0.25) is 0 Å². The number of nitrogens with one attached hydrogen (secondary N) is 1. The minimum Gasteiger partial charge on any atom is -0.490 e. The van der Waals surface area contributed by atoms with E-state index in [9.17, 15) is 4.79 Å². The van der Waals surface area contributed by atoms with E-state index in [1.54, 1.807) is 0 Å². The van der Waals surface area contributed by atoms with Crippen LogP contribution in [-0.2, 0) is 4.79 Å². The fourth-order valence-electron chi connectivity index (χ4n) is 3.76. The fourth-order valence-corrected chi connectivity index (χ4v) is 3.76. The van der Waals surface area contributed by atoms with Gasteiger partial charge in [-0.1, -0.05) is 25.5 Å². The summed E-state index contributed by atoms with van der Waals surface area (Å²) in [7, 11) is 0. The quantitative estimate of drug-likeness (QED) is 0.803. The van der Waals surface area contributed by atoms with E-state index in [2.05, 4.69) is 17.1 Å². The standard InChI is InChI=1S/C21H30N2O3/c1-4-12-23-13-7-6-10-17(23)21(24)22-15(3)19-14-16-9-8-11-18(25-5-2)20(16)26-19/h8-9,11,14-15,17H,4-7,10,12-13H2,1-3H3,(H,22,24). The molecule has 1 aliphatic heterocycles. The van der Waals surface area contributed by atoms with Crippen molar-refractivity contribution in [3.63, 3.8) is 0 Å². The number of furan rings is 1.